The van der Waals surface area contributed by atoms with E-state index in [0.29, 0.717) is 24.9 Å². The van der Waals surface area contributed by atoms with Crippen molar-refractivity contribution in [1.29, 1.82) is 0 Å². The molecule has 0 aliphatic carbocycles. The van der Waals surface area contributed by atoms with Crippen LogP contribution >= 0.6 is 0 Å². The fraction of sp³-hybridized carbons (Fsp3) is 0.636. The van der Waals surface area contributed by atoms with Gasteiger partial charge >= 0.3 is 5.97 Å². The van der Waals surface area contributed by atoms with Crippen LogP contribution in [0, 0.1) is 0 Å². The molecule has 1 atom stereocenters. The van der Waals surface area contributed by atoms with E-state index in [2.05, 4.69) is 12.2 Å². The van der Waals surface area contributed by atoms with Gasteiger partial charge in [0.25, 0.3) is 10.1 Å². The molecule has 1 rings (SSSR count). The first-order chi connectivity index (χ1) is 14.3. The summed E-state index contributed by atoms with van der Waals surface area (Å²) in [5, 5.41) is 11.8. The van der Waals surface area contributed by atoms with Gasteiger partial charge in [0.1, 0.15) is 0 Å². The summed E-state index contributed by atoms with van der Waals surface area (Å²) in [6.45, 7) is 2.50. The number of rotatable bonds is 16. The van der Waals surface area contributed by atoms with Crippen molar-refractivity contribution in [3.63, 3.8) is 0 Å². The second kappa shape index (κ2) is 14.1. The number of nitrogens with one attached hydrogen (secondary N) is 1. The van der Waals surface area contributed by atoms with Crippen LogP contribution in [0.5, 0.6) is 0 Å². The summed E-state index contributed by atoms with van der Waals surface area (Å²) in [5.41, 5.74) is 0.377. The standard InChI is InChI=1S/C22H35NO6S/c1-2-3-4-5-6-7-8-13-21(24)23-17-16-18(14-15-22(25)26)19-11-9-10-12-20(19)30(27,28)29/h9-12,18H,2-8,13-17H2,1H3,(H,23,24)(H,25,26)(H,27,28,29). The zero-order valence-electron chi connectivity index (χ0n) is 17.8. The van der Waals surface area contributed by atoms with Crippen molar-refractivity contribution in [1.82, 2.24) is 5.32 Å². The van der Waals surface area contributed by atoms with Gasteiger partial charge in [0.05, 0.1) is 4.90 Å². The van der Waals surface area contributed by atoms with Crippen LogP contribution in [0.15, 0.2) is 29.2 Å². The number of aliphatic carboxylic acids is 1. The summed E-state index contributed by atoms with van der Waals surface area (Å²) in [4.78, 5) is 22.8. The predicted octanol–water partition coefficient (Wildman–Crippen LogP) is 4.53. The van der Waals surface area contributed by atoms with Crippen LogP contribution < -0.4 is 5.32 Å². The van der Waals surface area contributed by atoms with E-state index in [1.165, 1.54) is 37.8 Å². The average Bonchev–Trinajstić information content (AvgIpc) is 2.69. The minimum atomic E-state index is -4.42. The lowest BCUT2D eigenvalue weighted by atomic mass is 9.91. The van der Waals surface area contributed by atoms with Gasteiger partial charge in [-0.2, -0.15) is 8.42 Å². The van der Waals surface area contributed by atoms with E-state index in [1.54, 1.807) is 12.1 Å². The Hall–Kier alpha value is -1.93. The minimum Gasteiger partial charge on any atom is -0.481 e. The molecule has 30 heavy (non-hydrogen) atoms. The SMILES string of the molecule is CCCCCCCCCC(=O)NCCC(CCC(=O)O)c1ccccc1S(=O)(=O)O. The fourth-order valence-corrected chi connectivity index (χ4v) is 4.31. The number of carbonyl (C=O) groups excluding carboxylic acids is 1. The first-order valence-electron chi connectivity index (χ1n) is 10.8. The molecule has 0 aliphatic rings. The van der Waals surface area contributed by atoms with Gasteiger partial charge in [-0.05, 0) is 36.8 Å². The number of carbonyl (C=O) groups is 2. The highest BCUT2D eigenvalue weighted by atomic mass is 32.2. The van der Waals surface area contributed by atoms with Crippen molar-refractivity contribution in [2.75, 3.05) is 6.54 Å². The predicted molar refractivity (Wildman–Crippen MR) is 116 cm³/mol. The average molecular weight is 442 g/mol. The molecule has 0 bridgehead atoms. The molecule has 0 heterocycles. The number of unbranched alkanes of at least 4 members (excludes halogenated alkanes) is 6. The van der Waals surface area contributed by atoms with Crippen LogP contribution in [0.25, 0.3) is 0 Å². The van der Waals surface area contributed by atoms with E-state index >= 15 is 0 Å². The van der Waals surface area contributed by atoms with Gasteiger partial charge in [-0.25, -0.2) is 0 Å². The largest absolute Gasteiger partial charge is 0.481 e. The van der Waals surface area contributed by atoms with Gasteiger partial charge in [-0.15, -0.1) is 0 Å². The Morgan fingerprint density at radius 2 is 1.60 bits per heavy atom. The monoisotopic (exact) mass is 441 g/mol. The van der Waals surface area contributed by atoms with Crippen LogP contribution in [-0.4, -0.2) is 36.5 Å². The molecule has 0 aromatic heterocycles. The Balaban J connectivity index is 2.55. The van der Waals surface area contributed by atoms with E-state index < -0.39 is 22.0 Å². The molecule has 0 spiro atoms. The molecular formula is C22H35NO6S. The zero-order valence-corrected chi connectivity index (χ0v) is 18.6. The van der Waals surface area contributed by atoms with E-state index in [-0.39, 0.29) is 23.6 Å². The van der Waals surface area contributed by atoms with Gasteiger partial charge in [0, 0.05) is 19.4 Å². The number of carboxylic acids is 1. The van der Waals surface area contributed by atoms with Gasteiger partial charge in [-0.1, -0.05) is 63.6 Å². The molecule has 0 saturated heterocycles. The summed E-state index contributed by atoms with van der Waals surface area (Å²) < 4.78 is 32.8. The first kappa shape index (κ1) is 26.1. The van der Waals surface area contributed by atoms with Gasteiger partial charge < -0.3 is 10.4 Å². The number of hydrogen-bond acceptors (Lipinski definition) is 4. The third kappa shape index (κ3) is 10.7. The van der Waals surface area contributed by atoms with Crippen molar-refractivity contribution in [3.05, 3.63) is 29.8 Å². The number of carboxylic acid groups (broad SMARTS) is 1. The number of hydrogen-bond donors (Lipinski definition) is 3. The van der Waals surface area contributed by atoms with Gasteiger partial charge in [0.2, 0.25) is 5.91 Å². The molecule has 7 nitrogen and oxygen atoms in total. The van der Waals surface area contributed by atoms with E-state index in [0.717, 1.165) is 19.3 Å². The second-order valence-corrected chi connectivity index (χ2v) is 9.04. The Labute approximate surface area is 180 Å². The maximum Gasteiger partial charge on any atom is 0.303 e. The van der Waals surface area contributed by atoms with E-state index in [1.807, 2.05) is 0 Å². The third-order valence-corrected chi connectivity index (χ3v) is 6.09. The summed E-state index contributed by atoms with van der Waals surface area (Å²) in [7, 11) is -4.42. The molecule has 0 aliphatic heterocycles. The van der Waals surface area contributed by atoms with E-state index in [9.17, 15) is 22.6 Å². The highest BCUT2D eigenvalue weighted by Gasteiger charge is 2.22. The van der Waals surface area contributed by atoms with Crippen LogP contribution in [0.4, 0.5) is 0 Å². The molecule has 0 saturated carbocycles. The molecule has 0 fully saturated rings. The van der Waals surface area contributed by atoms with Crippen LogP contribution in [0.3, 0.4) is 0 Å². The Morgan fingerprint density at radius 1 is 0.967 bits per heavy atom. The Morgan fingerprint density at radius 3 is 2.23 bits per heavy atom. The second-order valence-electron chi connectivity index (χ2n) is 7.65. The van der Waals surface area contributed by atoms with Gasteiger partial charge in [0.15, 0.2) is 0 Å². The first-order valence-corrected chi connectivity index (χ1v) is 12.2. The van der Waals surface area contributed by atoms with Crippen LogP contribution in [0.2, 0.25) is 0 Å². The minimum absolute atomic E-state index is 0.0522. The van der Waals surface area contributed by atoms with Crippen molar-refractivity contribution >= 4 is 22.0 Å². The smallest absolute Gasteiger partial charge is 0.303 e. The highest BCUT2D eigenvalue weighted by molar-refractivity contribution is 7.85. The zero-order chi connectivity index (χ0) is 22.4. The lowest BCUT2D eigenvalue weighted by Gasteiger charge is -2.19. The molecule has 170 valence electrons. The summed E-state index contributed by atoms with van der Waals surface area (Å²) in [6.07, 6.45) is 8.85. The normalized spacial score (nSPS) is 12.5. The van der Waals surface area contributed by atoms with Crippen molar-refractivity contribution in [2.24, 2.45) is 0 Å². The highest BCUT2D eigenvalue weighted by Crippen LogP contribution is 2.30. The summed E-state index contributed by atoms with van der Waals surface area (Å²) >= 11 is 0. The molecule has 1 unspecified atom stereocenters. The molecule has 1 aromatic carbocycles. The Kier molecular flexibility index (Phi) is 12.3. The van der Waals surface area contributed by atoms with Crippen molar-refractivity contribution in [3.8, 4) is 0 Å². The summed E-state index contributed by atoms with van der Waals surface area (Å²) in [6, 6.07) is 6.04. The Bertz CT molecular complexity index is 763. The fourth-order valence-electron chi connectivity index (χ4n) is 3.52. The van der Waals surface area contributed by atoms with Crippen molar-refractivity contribution < 1.29 is 27.7 Å². The molecule has 1 aromatic rings. The molecule has 0 radical (unpaired) electrons. The molecule has 1 amide bonds. The molecular weight excluding hydrogens is 406 g/mol. The van der Waals surface area contributed by atoms with E-state index in [4.69, 9.17) is 5.11 Å². The summed E-state index contributed by atoms with van der Waals surface area (Å²) in [5.74, 6) is -1.44. The lowest BCUT2D eigenvalue weighted by molar-refractivity contribution is -0.137. The maximum absolute atomic E-state index is 12.0. The number of amides is 1. The topological polar surface area (TPSA) is 121 Å². The quantitative estimate of drug-likeness (QED) is 0.256. The third-order valence-electron chi connectivity index (χ3n) is 5.17. The lowest BCUT2D eigenvalue weighted by Crippen LogP contribution is -2.25. The van der Waals surface area contributed by atoms with Gasteiger partial charge in [-0.3, -0.25) is 14.1 Å². The number of benzene rings is 1. The molecule has 3 N–H and O–H groups in total. The van der Waals surface area contributed by atoms with Crippen LogP contribution in [-0.2, 0) is 19.7 Å². The maximum atomic E-state index is 12.0. The molecule has 8 heteroatoms. The van der Waals surface area contributed by atoms with Crippen LogP contribution in [0.1, 0.15) is 89.0 Å². The van der Waals surface area contributed by atoms with Crippen molar-refractivity contribution in [2.45, 2.75) is 88.4 Å².